The van der Waals surface area contributed by atoms with Crippen molar-refractivity contribution in [2.75, 3.05) is 13.7 Å². The fraction of sp³-hybridized carbons (Fsp3) is 0.242. The van der Waals surface area contributed by atoms with Gasteiger partial charge in [-0.2, -0.15) is 0 Å². The summed E-state index contributed by atoms with van der Waals surface area (Å²) in [5, 5.41) is 11.3. The van der Waals surface area contributed by atoms with E-state index in [9.17, 15) is 19.7 Å². The zero-order valence-corrected chi connectivity index (χ0v) is 26.4. The number of fused-ring (bicyclic) bond motifs is 1. The van der Waals surface area contributed by atoms with E-state index in [2.05, 4.69) is 0 Å². The number of thiazole rings is 1. The number of hydrogen-bond acceptors (Lipinski definition) is 9. The van der Waals surface area contributed by atoms with Crippen molar-refractivity contribution < 1.29 is 23.9 Å². The number of halogens is 1. The number of nitro groups is 1. The number of aromatic nitrogens is 1. The number of non-ortho nitro benzene ring substituents is 1. The third kappa shape index (κ3) is 6.84. The monoisotopic (exact) mass is 647 g/mol. The summed E-state index contributed by atoms with van der Waals surface area (Å²) in [6.45, 7) is 4.13. The van der Waals surface area contributed by atoms with Crippen LogP contribution in [0.2, 0.25) is 5.02 Å². The molecule has 232 valence electrons. The maximum absolute atomic E-state index is 14.0. The molecule has 0 radical (unpaired) electrons. The fourth-order valence-electron chi connectivity index (χ4n) is 5.03. The predicted molar refractivity (Wildman–Crippen MR) is 172 cm³/mol. The molecule has 1 atom stereocenters. The number of ether oxygens (including phenoxy) is 3. The summed E-state index contributed by atoms with van der Waals surface area (Å²) in [6, 6.07) is 17.6. The second-order valence-corrected chi connectivity index (χ2v) is 11.5. The minimum Gasteiger partial charge on any atom is -0.496 e. The van der Waals surface area contributed by atoms with E-state index in [1.165, 1.54) is 35.1 Å². The molecule has 0 spiro atoms. The number of nitro benzene ring substituents is 1. The van der Waals surface area contributed by atoms with Crippen molar-refractivity contribution >= 4 is 40.7 Å². The molecule has 0 N–H and O–H groups in total. The number of carbonyl (C=O) groups excluding carboxylic acids is 1. The summed E-state index contributed by atoms with van der Waals surface area (Å²) >= 11 is 7.64. The Morgan fingerprint density at radius 2 is 1.84 bits per heavy atom. The SMILES string of the molecule is CCCC1=C(C(=O)OCC)[C@@H](c2cc(Cl)ccc2OC)n2c(s/c(=C/c3ccc(OCc4ccc([N+](=O)[O-])cc4)cc3)c2=O)=N1. The van der Waals surface area contributed by atoms with Crippen LogP contribution in [-0.4, -0.2) is 29.2 Å². The van der Waals surface area contributed by atoms with E-state index in [1.54, 1.807) is 55.5 Å². The van der Waals surface area contributed by atoms with Gasteiger partial charge in [0.05, 0.1) is 34.4 Å². The second-order valence-electron chi connectivity index (χ2n) is 10.1. The minimum absolute atomic E-state index is 0.0186. The third-order valence-corrected chi connectivity index (χ3v) is 8.33. The number of allylic oxidation sites excluding steroid dienone is 1. The molecule has 1 aliphatic rings. The van der Waals surface area contributed by atoms with Crippen LogP contribution >= 0.6 is 22.9 Å². The topological polar surface area (TPSA) is 122 Å². The number of methoxy groups -OCH3 is 1. The summed E-state index contributed by atoms with van der Waals surface area (Å²) in [5.41, 5.74) is 2.66. The Morgan fingerprint density at radius 3 is 2.49 bits per heavy atom. The van der Waals surface area contributed by atoms with Gasteiger partial charge in [-0.25, -0.2) is 9.79 Å². The smallest absolute Gasteiger partial charge is 0.338 e. The molecule has 5 rings (SSSR count). The third-order valence-electron chi connectivity index (χ3n) is 7.11. The highest BCUT2D eigenvalue weighted by molar-refractivity contribution is 7.07. The summed E-state index contributed by atoms with van der Waals surface area (Å²) in [4.78, 5) is 43.1. The van der Waals surface area contributed by atoms with Crippen molar-refractivity contribution in [3.63, 3.8) is 0 Å². The van der Waals surface area contributed by atoms with Crippen LogP contribution in [0.3, 0.4) is 0 Å². The molecule has 0 amide bonds. The maximum atomic E-state index is 14.0. The van der Waals surface area contributed by atoms with Crippen molar-refractivity contribution in [3.05, 3.63) is 130 Å². The van der Waals surface area contributed by atoms with Gasteiger partial charge in [-0.15, -0.1) is 0 Å². The lowest BCUT2D eigenvalue weighted by Crippen LogP contribution is -2.40. The van der Waals surface area contributed by atoms with Crippen LogP contribution in [0.4, 0.5) is 5.69 Å². The minimum atomic E-state index is -0.854. The van der Waals surface area contributed by atoms with E-state index >= 15 is 0 Å². The molecule has 12 heteroatoms. The van der Waals surface area contributed by atoms with Gasteiger partial charge in [0.2, 0.25) is 0 Å². The molecular weight excluding hydrogens is 618 g/mol. The van der Waals surface area contributed by atoms with Crippen LogP contribution in [0.25, 0.3) is 6.08 Å². The molecule has 0 bridgehead atoms. The van der Waals surface area contributed by atoms with E-state index < -0.39 is 16.9 Å². The van der Waals surface area contributed by atoms with Crippen LogP contribution in [0.15, 0.2) is 87.8 Å². The van der Waals surface area contributed by atoms with E-state index in [4.69, 9.17) is 30.8 Å². The molecule has 0 saturated heterocycles. The van der Waals surface area contributed by atoms with Gasteiger partial charge in [-0.1, -0.05) is 48.4 Å². The maximum Gasteiger partial charge on any atom is 0.338 e. The first-order chi connectivity index (χ1) is 21.7. The van der Waals surface area contributed by atoms with Crippen LogP contribution in [-0.2, 0) is 16.1 Å². The van der Waals surface area contributed by atoms with Crippen LogP contribution in [0, 0.1) is 10.1 Å². The van der Waals surface area contributed by atoms with E-state index in [0.29, 0.717) is 43.5 Å². The molecule has 10 nitrogen and oxygen atoms in total. The molecule has 0 fully saturated rings. The molecule has 4 aromatic rings. The van der Waals surface area contributed by atoms with Gasteiger partial charge in [0.1, 0.15) is 24.1 Å². The number of benzene rings is 3. The average molecular weight is 648 g/mol. The van der Waals surface area contributed by atoms with E-state index in [1.807, 2.05) is 19.1 Å². The molecule has 45 heavy (non-hydrogen) atoms. The Kier molecular flexibility index (Phi) is 9.80. The lowest BCUT2D eigenvalue weighted by atomic mass is 9.93. The van der Waals surface area contributed by atoms with Crippen molar-refractivity contribution in [1.29, 1.82) is 0 Å². The second kappa shape index (κ2) is 13.9. The standard InChI is InChI=1S/C33H30ClN3O7S/c1-4-6-26-29(32(39)43-5-2)30(25-18-22(34)11-16-27(25)42-3)36-31(38)28(45-33(36)35-26)17-20-9-14-24(15-10-20)44-19-21-7-12-23(13-8-21)37(40)41/h7-18,30H,4-6,19H2,1-3H3/b28-17+/t30-/m1/s1. The molecule has 0 aliphatic carbocycles. The van der Waals surface area contributed by atoms with Crippen molar-refractivity contribution in [2.45, 2.75) is 39.3 Å². The number of hydrogen-bond donors (Lipinski definition) is 0. The molecule has 1 aliphatic heterocycles. The van der Waals surface area contributed by atoms with Gasteiger partial charge < -0.3 is 14.2 Å². The molecule has 3 aromatic carbocycles. The Hall–Kier alpha value is -4.74. The molecule has 0 unspecified atom stereocenters. The van der Waals surface area contributed by atoms with Gasteiger partial charge in [0, 0.05) is 22.7 Å². The van der Waals surface area contributed by atoms with Gasteiger partial charge in [0.15, 0.2) is 4.80 Å². The Morgan fingerprint density at radius 1 is 1.11 bits per heavy atom. The lowest BCUT2D eigenvalue weighted by Gasteiger charge is -2.27. The van der Waals surface area contributed by atoms with Crippen LogP contribution in [0.5, 0.6) is 11.5 Å². The predicted octanol–water partition coefficient (Wildman–Crippen LogP) is 5.73. The van der Waals surface area contributed by atoms with Crippen LogP contribution in [0.1, 0.15) is 49.4 Å². The van der Waals surface area contributed by atoms with E-state index in [0.717, 1.165) is 17.5 Å². The van der Waals surface area contributed by atoms with Gasteiger partial charge in [-0.05, 0) is 73.0 Å². The highest BCUT2D eigenvalue weighted by atomic mass is 35.5. The van der Waals surface area contributed by atoms with Gasteiger partial charge >= 0.3 is 5.97 Å². The summed E-state index contributed by atoms with van der Waals surface area (Å²) < 4.78 is 18.9. The number of rotatable bonds is 11. The Labute approximate surface area is 267 Å². The van der Waals surface area contributed by atoms with Crippen molar-refractivity contribution in [3.8, 4) is 11.5 Å². The van der Waals surface area contributed by atoms with Gasteiger partial charge in [0.25, 0.3) is 11.2 Å². The van der Waals surface area contributed by atoms with E-state index in [-0.39, 0.29) is 30.0 Å². The quantitative estimate of drug-likeness (QED) is 0.116. The largest absolute Gasteiger partial charge is 0.496 e. The van der Waals surface area contributed by atoms with Gasteiger partial charge in [-0.3, -0.25) is 19.5 Å². The summed E-state index contributed by atoms with van der Waals surface area (Å²) in [7, 11) is 1.52. The molecule has 0 saturated carbocycles. The first-order valence-corrected chi connectivity index (χ1v) is 15.4. The Balaban J connectivity index is 1.53. The highest BCUT2D eigenvalue weighted by Crippen LogP contribution is 2.38. The van der Waals surface area contributed by atoms with Crippen LogP contribution < -0.4 is 24.4 Å². The summed E-state index contributed by atoms with van der Waals surface area (Å²) in [5.74, 6) is 0.529. The first kappa shape index (κ1) is 31.7. The molecule has 1 aromatic heterocycles. The van der Waals surface area contributed by atoms with Crippen molar-refractivity contribution in [1.82, 2.24) is 4.57 Å². The van der Waals surface area contributed by atoms with Crippen molar-refractivity contribution in [2.24, 2.45) is 4.99 Å². The molecular formula is C33H30ClN3O7S. The normalized spacial score (nSPS) is 14.5. The number of esters is 1. The molecule has 2 heterocycles. The Bertz CT molecular complexity index is 1950. The summed E-state index contributed by atoms with van der Waals surface area (Å²) in [6.07, 6.45) is 3.01. The fourth-order valence-corrected chi connectivity index (χ4v) is 6.23. The highest BCUT2D eigenvalue weighted by Gasteiger charge is 2.36. The average Bonchev–Trinajstić information content (AvgIpc) is 3.34. The number of carbonyl (C=O) groups is 1. The first-order valence-electron chi connectivity index (χ1n) is 14.3. The zero-order valence-electron chi connectivity index (χ0n) is 24.8. The number of nitrogens with zero attached hydrogens (tertiary/aromatic N) is 3. The lowest BCUT2D eigenvalue weighted by molar-refractivity contribution is -0.384. The zero-order chi connectivity index (χ0) is 32.1.